The third-order valence-corrected chi connectivity index (χ3v) is 3.85. The molecule has 2 rings (SSSR count). The van der Waals surface area contributed by atoms with Crippen molar-refractivity contribution in [2.45, 2.75) is 11.6 Å². The lowest BCUT2D eigenvalue weighted by molar-refractivity contribution is 0.598. The molecule has 20 heavy (non-hydrogen) atoms. The number of pyridine rings is 1. The summed E-state index contributed by atoms with van der Waals surface area (Å²) in [6.07, 6.45) is 2.48. The molecule has 2 aromatic rings. The van der Waals surface area contributed by atoms with Gasteiger partial charge in [-0.25, -0.2) is 17.8 Å². The summed E-state index contributed by atoms with van der Waals surface area (Å²) in [6, 6.07) is 7.41. The quantitative estimate of drug-likeness (QED) is 0.942. The van der Waals surface area contributed by atoms with Gasteiger partial charge in [-0.15, -0.1) is 0 Å². The fourth-order valence-electron chi connectivity index (χ4n) is 1.57. The SMILES string of the molecule is CS(=O)(=O)c1ccc(NCc2ccc(Cl)cc2F)cn1. The lowest BCUT2D eigenvalue weighted by atomic mass is 10.2. The maximum absolute atomic E-state index is 13.6. The lowest BCUT2D eigenvalue weighted by Gasteiger charge is -2.08. The number of halogens is 2. The summed E-state index contributed by atoms with van der Waals surface area (Å²) in [4.78, 5) is 3.83. The molecule has 7 heteroatoms. The van der Waals surface area contributed by atoms with Crippen molar-refractivity contribution in [2.75, 3.05) is 11.6 Å². The second-order valence-electron chi connectivity index (χ2n) is 4.25. The van der Waals surface area contributed by atoms with E-state index >= 15 is 0 Å². The summed E-state index contributed by atoms with van der Waals surface area (Å²) in [7, 11) is -3.31. The highest BCUT2D eigenvalue weighted by Gasteiger charge is 2.08. The maximum atomic E-state index is 13.6. The first kappa shape index (κ1) is 14.7. The zero-order chi connectivity index (χ0) is 14.8. The molecule has 0 radical (unpaired) electrons. The van der Waals surface area contributed by atoms with E-state index in [1.807, 2.05) is 0 Å². The fourth-order valence-corrected chi connectivity index (χ4v) is 2.28. The van der Waals surface area contributed by atoms with Gasteiger partial charge in [-0.1, -0.05) is 17.7 Å². The summed E-state index contributed by atoms with van der Waals surface area (Å²) in [5, 5.41) is 3.30. The predicted molar refractivity (Wildman–Crippen MR) is 76.1 cm³/mol. The van der Waals surface area contributed by atoms with E-state index in [4.69, 9.17) is 11.6 Å². The first-order valence-electron chi connectivity index (χ1n) is 5.70. The van der Waals surface area contributed by atoms with Crippen molar-refractivity contribution in [3.8, 4) is 0 Å². The molecule has 1 heterocycles. The van der Waals surface area contributed by atoms with Crippen LogP contribution in [0.2, 0.25) is 5.02 Å². The predicted octanol–water partition coefficient (Wildman–Crippen LogP) is 2.89. The monoisotopic (exact) mass is 314 g/mol. The van der Waals surface area contributed by atoms with Gasteiger partial charge >= 0.3 is 0 Å². The molecule has 0 atom stereocenters. The molecular formula is C13H12ClFN2O2S. The molecule has 0 amide bonds. The molecule has 106 valence electrons. The van der Waals surface area contributed by atoms with Crippen LogP contribution in [-0.4, -0.2) is 19.7 Å². The van der Waals surface area contributed by atoms with Crippen LogP contribution in [-0.2, 0) is 16.4 Å². The Bertz CT molecular complexity index is 718. The molecule has 0 spiro atoms. The standard InChI is InChI=1S/C13H12ClFN2O2S/c1-20(18,19)13-5-4-11(8-17-13)16-7-9-2-3-10(14)6-12(9)15/h2-6,8,16H,7H2,1H3. The number of hydrogen-bond donors (Lipinski definition) is 1. The van der Waals surface area contributed by atoms with E-state index in [-0.39, 0.29) is 11.6 Å². The molecule has 0 aliphatic heterocycles. The Labute approximate surface area is 121 Å². The van der Waals surface area contributed by atoms with Gasteiger partial charge in [-0.3, -0.25) is 0 Å². The largest absolute Gasteiger partial charge is 0.380 e. The topological polar surface area (TPSA) is 59.1 Å². The second kappa shape index (κ2) is 5.76. The summed E-state index contributed by atoms with van der Waals surface area (Å²) in [5.41, 5.74) is 1.06. The summed E-state index contributed by atoms with van der Waals surface area (Å²) in [6.45, 7) is 0.253. The van der Waals surface area contributed by atoms with Crippen LogP contribution >= 0.6 is 11.6 Å². The summed E-state index contributed by atoms with van der Waals surface area (Å²) < 4.78 is 36.1. The molecule has 1 aromatic heterocycles. The highest BCUT2D eigenvalue weighted by molar-refractivity contribution is 7.90. The normalized spacial score (nSPS) is 11.3. The van der Waals surface area contributed by atoms with E-state index in [0.717, 1.165) is 6.26 Å². The molecule has 0 saturated heterocycles. The Morgan fingerprint density at radius 3 is 2.60 bits per heavy atom. The van der Waals surface area contributed by atoms with Crippen molar-refractivity contribution in [2.24, 2.45) is 0 Å². The van der Waals surface area contributed by atoms with Crippen molar-refractivity contribution in [1.82, 2.24) is 4.98 Å². The molecule has 0 bridgehead atoms. The highest BCUT2D eigenvalue weighted by Crippen LogP contribution is 2.16. The van der Waals surface area contributed by atoms with E-state index in [9.17, 15) is 12.8 Å². The molecule has 1 aromatic carbocycles. The fraction of sp³-hybridized carbons (Fsp3) is 0.154. The van der Waals surface area contributed by atoms with Crippen LogP contribution in [0.5, 0.6) is 0 Å². The number of nitrogens with one attached hydrogen (secondary N) is 1. The average molecular weight is 315 g/mol. The van der Waals surface area contributed by atoms with Gasteiger partial charge in [0.1, 0.15) is 5.82 Å². The Morgan fingerprint density at radius 1 is 1.30 bits per heavy atom. The number of benzene rings is 1. The molecular weight excluding hydrogens is 303 g/mol. The molecule has 4 nitrogen and oxygen atoms in total. The van der Waals surface area contributed by atoms with Crippen molar-refractivity contribution in [3.63, 3.8) is 0 Å². The Hall–Kier alpha value is -1.66. The number of rotatable bonds is 4. The minimum absolute atomic E-state index is 0.000670. The van der Waals surface area contributed by atoms with Crippen LogP contribution < -0.4 is 5.32 Å². The Balaban J connectivity index is 2.08. The van der Waals surface area contributed by atoms with Gasteiger partial charge in [0.25, 0.3) is 0 Å². The van der Waals surface area contributed by atoms with E-state index in [1.54, 1.807) is 18.2 Å². The van der Waals surface area contributed by atoms with Gasteiger partial charge < -0.3 is 5.32 Å². The van der Waals surface area contributed by atoms with Crippen molar-refractivity contribution in [1.29, 1.82) is 0 Å². The van der Waals surface area contributed by atoms with Crippen molar-refractivity contribution in [3.05, 3.63) is 52.9 Å². The Morgan fingerprint density at radius 2 is 2.05 bits per heavy atom. The molecule has 0 unspecified atom stereocenters. The molecule has 0 fully saturated rings. The van der Waals surface area contributed by atoms with Crippen LogP contribution in [0.15, 0.2) is 41.6 Å². The third kappa shape index (κ3) is 3.68. The van der Waals surface area contributed by atoms with E-state index in [2.05, 4.69) is 10.3 Å². The van der Waals surface area contributed by atoms with Gasteiger partial charge in [-0.2, -0.15) is 0 Å². The zero-order valence-electron chi connectivity index (χ0n) is 10.6. The maximum Gasteiger partial charge on any atom is 0.192 e. The number of sulfone groups is 1. The van der Waals surface area contributed by atoms with E-state index in [1.165, 1.54) is 18.3 Å². The van der Waals surface area contributed by atoms with Crippen molar-refractivity contribution >= 4 is 27.1 Å². The summed E-state index contributed by atoms with van der Waals surface area (Å²) >= 11 is 5.67. The van der Waals surface area contributed by atoms with Crippen LogP contribution in [0.3, 0.4) is 0 Å². The smallest absolute Gasteiger partial charge is 0.192 e. The molecule has 0 aliphatic rings. The van der Waals surface area contributed by atoms with E-state index in [0.29, 0.717) is 16.3 Å². The first-order chi connectivity index (χ1) is 9.36. The van der Waals surface area contributed by atoms with Crippen LogP contribution in [0.25, 0.3) is 0 Å². The van der Waals surface area contributed by atoms with Crippen LogP contribution in [0.1, 0.15) is 5.56 Å². The minimum Gasteiger partial charge on any atom is -0.380 e. The minimum atomic E-state index is -3.31. The second-order valence-corrected chi connectivity index (χ2v) is 6.65. The van der Waals surface area contributed by atoms with Gasteiger partial charge in [0.15, 0.2) is 14.9 Å². The van der Waals surface area contributed by atoms with Gasteiger partial charge in [-0.05, 0) is 24.3 Å². The van der Waals surface area contributed by atoms with Crippen LogP contribution in [0.4, 0.5) is 10.1 Å². The first-order valence-corrected chi connectivity index (χ1v) is 7.97. The molecule has 0 saturated carbocycles. The lowest BCUT2D eigenvalue weighted by Crippen LogP contribution is -2.04. The van der Waals surface area contributed by atoms with Gasteiger partial charge in [0, 0.05) is 23.4 Å². The number of nitrogens with zero attached hydrogens (tertiary/aromatic N) is 1. The van der Waals surface area contributed by atoms with Gasteiger partial charge in [0.05, 0.1) is 11.9 Å². The molecule has 0 aliphatic carbocycles. The van der Waals surface area contributed by atoms with E-state index < -0.39 is 15.7 Å². The highest BCUT2D eigenvalue weighted by atomic mass is 35.5. The number of anilines is 1. The number of hydrogen-bond acceptors (Lipinski definition) is 4. The zero-order valence-corrected chi connectivity index (χ0v) is 12.2. The third-order valence-electron chi connectivity index (χ3n) is 2.61. The molecule has 1 N–H and O–H groups in total. The Kier molecular flexibility index (Phi) is 4.25. The summed E-state index contributed by atoms with van der Waals surface area (Å²) in [5.74, 6) is -0.397. The van der Waals surface area contributed by atoms with Crippen molar-refractivity contribution < 1.29 is 12.8 Å². The van der Waals surface area contributed by atoms with Gasteiger partial charge in [0.2, 0.25) is 0 Å². The number of aromatic nitrogens is 1. The average Bonchev–Trinajstić information content (AvgIpc) is 2.37. The van der Waals surface area contributed by atoms with Crippen LogP contribution in [0, 0.1) is 5.82 Å².